The van der Waals surface area contributed by atoms with Gasteiger partial charge in [0.25, 0.3) is 0 Å². The van der Waals surface area contributed by atoms with Crippen LogP contribution in [0.2, 0.25) is 4.47 Å². The summed E-state index contributed by atoms with van der Waals surface area (Å²) in [5.74, 6) is 0.00535. The number of aromatic nitrogens is 1. The Bertz CT molecular complexity index is 598. The van der Waals surface area contributed by atoms with Gasteiger partial charge >= 0.3 is 0 Å². The highest BCUT2D eigenvalue weighted by Crippen LogP contribution is 2.34. The maximum Gasteiger partial charge on any atom is 0.184 e. The number of Topliss-reactive ketones (excluding diaryl/α,β-unsaturated/α-hetero) is 1. The smallest absolute Gasteiger partial charge is 0.184 e. The van der Waals surface area contributed by atoms with Crippen molar-refractivity contribution in [3.63, 3.8) is 0 Å². The summed E-state index contributed by atoms with van der Waals surface area (Å²) >= 11 is 7.09. The first kappa shape index (κ1) is 12.3. The molecule has 0 saturated carbocycles. The second-order valence-corrected chi connectivity index (χ2v) is 6.50. The fourth-order valence-electron chi connectivity index (χ4n) is 1.56. The minimum atomic E-state index is -0.517. The molecule has 1 N–H and O–H groups in total. The number of nitrogens with zero attached hydrogens (tertiary/aromatic N) is 1. The predicted molar refractivity (Wildman–Crippen MR) is 70.1 cm³/mol. The van der Waals surface area contributed by atoms with E-state index >= 15 is 0 Å². The predicted octanol–water partition coefficient (Wildman–Crippen LogP) is 3.88. The third-order valence-corrected chi connectivity index (χ3v) is 3.49. The molecule has 0 radical (unpaired) electrons. The molecule has 0 fully saturated rings. The molecule has 5 heteroatoms. The summed E-state index contributed by atoms with van der Waals surface area (Å²) < 4.78 is 1.09. The zero-order valence-electron chi connectivity index (χ0n) is 9.74. The van der Waals surface area contributed by atoms with Crippen LogP contribution in [0.5, 0.6) is 5.75 Å². The van der Waals surface area contributed by atoms with Crippen LogP contribution in [0.1, 0.15) is 31.1 Å². The first-order chi connectivity index (χ1) is 7.79. The van der Waals surface area contributed by atoms with Gasteiger partial charge < -0.3 is 5.11 Å². The Labute approximate surface area is 108 Å². The van der Waals surface area contributed by atoms with Gasteiger partial charge in [0.2, 0.25) is 0 Å². The van der Waals surface area contributed by atoms with Crippen molar-refractivity contribution in [1.29, 1.82) is 0 Å². The Kier molecular flexibility index (Phi) is 2.87. The molecule has 0 aliphatic rings. The molecule has 1 aromatic carbocycles. The number of halogens is 1. The maximum atomic E-state index is 12.3. The molecule has 2 rings (SSSR count). The molecule has 0 saturated heterocycles. The van der Waals surface area contributed by atoms with Crippen LogP contribution >= 0.6 is 22.9 Å². The van der Waals surface area contributed by atoms with Crippen molar-refractivity contribution in [2.45, 2.75) is 20.8 Å². The fraction of sp³-hybridized carbons (Fsp3) is 0.333. The first-order valence-electron chi connectivity index (χ1n) is 5.13. The van der Waals surface area contributed by atoms with E-state index < -0.39 is 5.41 Å². The van der Waals surface area contributed by atoms with E-state index in [1.54, 1.807) is 6.07 Å². The molecular weight excluding hydrogens is 258 g/mol. The van der Waals surface area contributed by atoms with E-state index in [4.69, 9.17) is 11.6 Å². The van der Waals surface area contributed by atoms with Crippen LogP contribution in [0.4, 0.5) is 0 Å². The molecule has 1 heterocycles. The van der Waals surface area contributed by atoms with Crippen LogP contribution in [0, 0.1) is 5.41 Å². The van der Waals surface area contributed by atoms with Crippen LogP contribution in [0.3, 0.4) is 0 Å². The lowest BCUT2D eigenvalue weighted by atomic mass is 9.86. The van der Waals surface area contributed by atoms with Crippen LogP contribution in [0.25, 0.3) is 10.2 Å². The van der Waals surface area contributed by atoms with Gasteiger partial charge in [-0.05, 0) is 12.1 Å². The molecule has 0 aliphatic carbocycles. The molecule has 0 atom stereocenters. The molecular formula is C12H12ClNO2S. The van der Waals surface area contributed by atoms with Crippen LogP contribution in [-0.2, 0) is 0 Å². The molecule has 1 aromatic heterocycles. The highest BCUT2D eigenvalue weighted by atomic mass is 35.5. The molecule has 2 aromatic rings. The van der Waals surface area contributed by atoms with Gasteiger partial charge in [-0.3, -0.25) is 4.79 Å². The minimum Gasteiger partial charge on any atom is -0.508 e. The first-order valence-corrected chi connectivity index (χ1v) is 6.32. The van der Waals surface area contributed by atoms with Gasteiger partial charge in [-0.1, -0.05) is 32.4 Å². The van der Waals surface area contributed by atoms with Crippen LogP contribution in [0.15, 0.2) is 12.1 Å². The third kappa shape index (κ3) is 2.28. The maximum absolute atomic E-state index is 12.3. The summed E-state index contributed by atoms with van der Waals surface area (Å²) in [6, 6.07) is 3.02. The lowest BCUT2D eigenvalue weighted by Gasteiger charge is -2.16. The van der Waals surface area contributed by atoms with Gasteiger partial charge in [-0.15, -0.1) is 11.3 Å². The van der Waals surface area contributed by atoms with Crippen molar-refractivity contribution in [1.82, 2.24) is 4.98 Å². The lowest BCUT2D eigenvalue weighted by molar-refractivity contribution is 0.0859. The number of thiazole rings is 1. The van der Waals surface area contributed by atoms with Crippen molar-refractivity contribution in [2.24, 2.45) is 5.41 Å². The average Bonchev–Trinajstić information content (AvgIpc) is 2.54. The van der Waals surface area contributed by atoms with E-state index in [-0.39, 0.29) is 11.5 Å². The molecule has 0 bridgehead atoms. The van der Waals surface area contributed by atoms with Crippen LogP contribution in [-0.4, -0.2) is 15.9 Å². The Morgan fingerprint density at radius 2 is 2.06 bits per heavy atom. The summed E-state index contributed by atoms with van der Waals surface area (Å²) in [5.41, 5.74) is 0.477. The second kappa shape index (κ2) is 3.96. The van der Waals surface area contributed by atoms with Gasteiger partial charge in [0, 0.05) is 11.0 Å². The van der Waals surface area contributed by atoms with Crippen molar-refractivity contribution in [3.05, 3.63) is 22.2 Å². The number of phenolic OH excluding ortho intramolecular Hbond substituents is 1. The topological polar surface area (TPSA) is 50.2 Å². The second-order valence-electron chi connectivity index (χ2n) is 4.89. The number of aromatic hydroxyl groups is 1. The quantitative estimate of drug-likeness (QED) is 0.799. The molecule has 0 spiro atoms. The van der Waals surface area contributed by atoms with E-state index in [1.165, 1.54) is 17.4 Å². The Balaban J connectivity index is 2.72. The fourth-order valence-corrected chi connectivity index (χ4v) is 2.65. The standard InChI is InChI=1S/C12H12ClNO2S/c1-12(2,3)10(16)7-4-6(15)5-8-9(7)14-11(13)17-8/h4-5,15H,1-3H3. The molecule has 0 aliphatic heterocycles. The number of ketones is 1. The van der Waals surface area contributed by atoms with Crippen molar-refractivity contribution in [2.75, 3.05) is 0 Å². The minimum absolute atomic E-state index is 0.0552. The number of rotatable bonds is 1. The summed E-state index contributed by atoms with van der Waals surface area (Å²) in [4.78, 5) is 16.4. The number of benzene rings is 1. The number of fused-ring (bicyclic) bond motifs is 1. The van der Waals surface area contributed by atoms with Gasteiger partial charge in [0.15, 0.2) is 10.3 Å². The summed E-state index contributed by atoms with van der Waals surface area (Å²) in [6.07, 6.45) is 0. The summed E-state index contributed by atoms with van der Waals surface area (Å²) in [7, 11) is 0. The number of carbonyl (C=O) groups is 1. The number of phenols is 1. The number of hydrogen-bond donors (Lipinski definition) is 1. The zero-order valence-corrected chi connectivity index (χ0v) is 11.3. The van der Waals surface area contributed by atoms with E-state index in [0.29, 0.717) is 15.5 Å². The highest BCUT2D eigenvalue weighted by molar-refractivity contribution is 7.22. The number of hydrogen-bond acceptors (Lipinski definition) is 4. The largest absolute Gasteiger partial charge is 0.508 e. The van der Waals surface area contributed by atoms with E-state index in [1.807, 2.05) is 20.8 Å². The normalized spacial score (nSPS) is 12.0. The van der Waals surface area contributed by atoms with Gasteiger partial charge in [0.05, 0.1) is 10.2 Å². The third-order valence-electron chi connectivity index (χ3n) is 2.38. The molecule has 17 heavy (non-hydrogen) atoms. The van der Waals surface area contributed by atoms with Crippen molar-refractivity contribution in [3.8, 4) is 5.75 Å². The Hall–Kier alpha value is -1.13. The molecule has 0 amide bonds. The monoisotopic (exact) mass is 269 g/mol. The summed E-state index contributed by atoms with van der Waals surface area (Å²) in [5, 5.41) is 9.62. The van der Waals surface area contributed by atoms with Crippen molar-refractivity contribution < 1.29 is 9.90 Å². The molecule has 90 valence electrons. The number of carbonyl (C=O) groups excluding carboxylic acids is 1. The van der Waals surface area contributed by atoms with Gasteiger partial charge in [-0.25, -0.2) is 4.98 Å². The average molecular weight is 270 g/mol. The molecule has 3 nitrogen and oxygen atoms in total. The van der Waals surface area contributed by atoms with Gasteiger partial charge in [-0.2, -0.15) is 0 Å². The Morgan fingerprint density at radius 3 is 2.65 bits per heavy atom. The van der Waals surface area contributed by atoms with E-state index in [2.05, 4.69) is 4.98 Å². The summed E-state index contributed by atoms with van der Waals surface area (Å²) in [6.45, 7) is 5.50. The highest BCUT2D eigenvalue weighted by Gasteiger charge is 2.26. The lowest BCUT2D eigenvalue weighted by Crippen LogP contribution is -2.20. The Morgan fingerprint density at radius 1 is 1.41 bits per heavy atom. The van der Waals surface area contributed by atoms with E-state index in [9.17, 15) is 9.90 Å². The van der Waals surface area contributed by atoms with Crippen LogP contribution < -0.4 is 0 Å². The van der Waals surface area contributed by atoms with Gasteiger partial charge in [0.1, 0.15) is 5.75 Å². The van der Waals surface area contributed by atoms with E-state index in [0.717, 1.165) is 4.70 Å². The SMILES string of the molecule is CC(C)(C)C(=O)c1cc(O)cc2sc(Cl)nc12. The zero-order chi connectivity index (χ0) is 12.8. The van der Waals surface area contributed by atoms with Crippen molar-refractivity contribution >= 4 is 38.9 Å². The molecule has 0 unspecified atom stereocenters.